The fourth-order valence-corrected chi connectivity index (χ4v) is 3.20. The molecule has 2 heterocycles. The molecule has 0 fully saturated rings. The Balaban J connectivity index is 1.63. The first-order chi connectivity index (χ1) is 10.2. The van der Waals surface area contributed by atoms with Crippen molar-refractivity contribution in [2.75, 3.05) is 0 Å². The van der Waals surface area contributed by atoms with Crippen molar-refractivity contribution >= 4 is 22.9 Å². The van der Waals surface area contributed by atoms with Gasteiger partial charge in [0.15, 0.2) is 0 Å². The fourth-order valence-electron chi connectivity index (χ4n) is 2.12. The molecule has 0 saturated heterocycles. The molecule has 3 aromatic rings. The Morgan fingerprint density at radius 2 is 2.05 bits per heavy atom. The van der Waals surface area contributed by atoms with Crippen LogP contribution in [0.1, 0.15) is 23.5 Å². The second-order valence-corrected chi connectivity index (χ2v) is 6.61. The van der Waals surface area contributed by atoms with Gasteiger partial charge in [-0.15, -0.1) is 11.3 Å². The minimum absolute atomic E-state index is 0.269. The van der Waals surface area contributed by atoms with Crippen molar-refractivity contribution in [2.24, 2.45) is 0 Å². The summed E-state index contributed by atoms with van der Waals surface area (Å²) in [5.41, 5.74) is 2.17. The summed E-state index contributed by atoms with van der Waals surface area (Å²) >= 11 is 7.58. The van der Waals surface area contributed by atoms with Gasteiger partial charge in [0.05, 0.1) is 4.34 Å². The summed E-state index contributed by atoms with van der Waals surface area (Å²) in [6.07, 6.45) is 1.88. The Hall–Kier alpha value is -1.62. The number of nitrogens with zero attached hydrogens (tertiary/aromatic N) is 1. The van der Waals surface area contributed by atoms with Crippen molar-refractivity contribution in [1.82, 2.24) is 15.3 Å². The average Bonchev–Trinajstić information content (AvgIpc) is 3.15. The third-order valence-corrected chi connectivity index (χ3v) is 4.71. The zero-order valence-electron chi connectivity index (χ0n) is 11.6. The van der Waals surface area contributed by atoms with Crippen molar-refractivity contribution in [3.05, 3.63) is 63.6 Å². The number of hydrogen-bond acceptors (Lipinski definition) is 3. The van der Waals surface area contributed by atoms with Gasteiger partial charge in [-0.1, -0.05) is 41.9 Å². The number of rotatable bonds is 5. The van der Waals surface area contributed by atoms with Crippen LogP contribution in [0.2, 0.25) is 4.34 Å². The largest absolute Gasteiger partial charge is 0.341 e. The Labute approximate surface area is 133 Å². The number of H-pyrrole nitrogens is 1. The Morgan fingerprint density at radius 3 is 2.76 bits per heavy atom. The predicted octanol–water partition coefficient (Wildman–Crippen LogP) is 4.64. The van der Waals surface area contributed by atoms with Gasteiger partial charge in [-0.2, -0.15) is 0 Å². The zero-order valence-corrected chi connectivity index (χ0v) is 13.2. The number of hydrogen-bond donors (Lipinski definition) is 2. The highest BCUT2D eigenvalue weighted by atomic mass is 35.5. The maximum atomic E-state index is 5.97. The van der Waals surface area contributed by atoms with E-state index in [1.807, 2.05) is 42.6 Å². The van der Waals surface area contributed by atoms with Crippen LogP contribution in [-0.4, -0.2) is 9.97 Å². The molecular weight excluding hydrogens is 302 g/mol. The van der Waals surface area contributed by atoms with E-state index in [-0.39, 0.29) is 6.04 Å². The van der Waals surface area contributed by atoms with Crippen molar-refractivity contribution in [2.45, 2.75) is 19.5 Å². The van der Waals surface area contributed by atoms with Gasteiger partial charge in [-0.05, 0) is 19.1 Å². The first-order valence-electron chi connectivity index (χ1n) is 6.80. The molecule has 2 N–H and O–H groups in total. The number of aromatic amines is 1. The molecule has 1 atom stereocenters. The molecule has 21 heavy (non-hydrogen) atoms. The molecule has 108 valence electrons. The van der Waals surface area contributed by atoms with Gasteiger partial charge in [0, 0.05) is 34.9 Å². The van der Waals surface area contributed by atoms with Gasteiger partial charge >= 0.3 is 0 Å². The second kappa shape index (κ2) is 6.43. The van der Waals surface area contributed by atoms with E-state index >= 15 is 0 Å². The zero-order chi connectivity index (χ0) is 14.7. The third kappa shape index (κ3) is 3.53. The molecule has 0 aliphatic rings. The Bertz CT molecular complexity index is 705. The highest BCUT2D eigenvalue weighted by molar-refractivity contribution is 7.16. The van der Waals surface area contributed by atoms with E-state index < -0.39 is 0 Å². The van der Waals surface area contributed by atoms with Gasteiger partial charge in [0.1, 0.15) is 5.82 Å². The van der Waals surface area contributed by atoms with Crippen LogP contribution in [0.3, 0.4) is 0 Å². The summed E-state index contributed by atoms with van der Waals surface area (Å²) in [6, 6.07) is 14.4. The molecule has 0 radical (unpaired) electrons. The molecule has 0 aliphatic carbocycles. The molecule has 1 unspecified atom stereocenters. The van der Waals surface area contributed by atoms with Gasteiger partial charge in [0.25, 0.3) is 0 Å². The Morgan fingerprint density at radius 1 is 1.24 bits per heavy atom. The molecule has 3 nitrogen and oxygen atoms in total. The second-order valence-electron chi connectivity index (χ2n) is 4.87. The highest BCUT2D eigenvalue weighted by Gasteiger charge is 2.09. The fraction of sp³-hybridized carbons (Fsp3) is 0.188. The van der Waals surface area contributed by atoms with Crippen LogP contribution >= 0.6 is 22.9 Å². The van der Waals surface area contributed by atoms with Crippen LogP contribution in [0.15, 0.2) is 48.7 Å². The summed E-state index contributed by atoms with van der Waals surface area (Å²) in [5, 5.41) is 3.47. The highest BCUT2D eigenvalue weighted by Crippen LogP contribution is 2.26. The van der Waals surface area contributed by atoms with E-state index in [1.165, 1.54) is 4.88 Å². The molecule has 0 saturated carbocycles. The number of halogens is 1. The normalized spacial score (nSPS) is 12.5. The lowest BCUT2D eigenvalue weighted by Gasteiger charge is -2.10. The molecule has 0 bridgehead atoms. The number of aromatic nitrogens is 2. The summed E-state index contributed by atoms with van der Waals surface area (Å²) in [4.78, 5) is 9.01. The number of nitrogens with one attached hydrogen (secondary N) is 2. The van der Waals surface area contributed by atoms with E-state index in [0.29, 0.717) is 0 Å². The maximum Gasteiger partial charge on any atom is 0.137 e. The van der Waals surface area contributed by atoms with E-state index in [1.54, 1.807) is 11.3 Å². The first kappa shape index (κ1) is 14.3. The topological polar surface area (TPSA) is 40.7 Å². The van der Waals surface area contributed by atoms with E-state index in [2.05, 4.69) is 28.3 Å². The third-order valence-electron chi connectivity index (χ3n) is 3.30. The van der Waals surface area contributed by atoms with Crippen LogP contribution in [0.5, 0.6) is 0 Å². The summed E-state index contributed by atoms with van der Waals surface area (Å²) < 4.78 is 0.826. The van der Waals surface area contributed by atoms with Crippen molar-refractivity contribution in [3.8, 4) is 11.4 Å². The summed E-state index contributed by atoms with van der Waals surface area (Å²) in [6.45, 7) is 2.88. The van der Waals surface area contributed by atoms with Gasteiger partial charge in [-0.25, -0.2) is 4.98 Å². The van der Waals surface area contributed by atoms with Crippen molar-refractivity contribution in [1.29, 1.82) is 0 Å². The minimum Gasteiger partial charge on any atom is -0.341 e. The van der Waals surface area contributed by atoms with Crippen LogP contribution in [-0.2, 0) is 6.54 Å². The lowest BCUT2D eigenvalue weighted by molar-refractivity contribution is 0.577. The SMILES string of the molecule is CC(NCc1cnc(-c2ccccc2)[nH]1)c1ccc(Cl)s1. The molecule has 3 rings (SSSR count). The van der Waals surface area contributed by atoms with Gasteiger partial charge in [0.2, 0.25) is 0 Å². The number of benzene rings is 1. The molecule has 0 spiro atoms. The molecule has 0 aliphatic heterocycles. The molecule has 1 aromatic carbocycles. The minimum atomic E-state index is 0.269. The number of imidazole rings is 1. The molecule has 0 amide bonds. The number of thiophene rings is 1. The van der Waals surface area contributed by atoms with Crippen LogP contribution in [0, 0.1) is 0 Å². The average molecular weight is 318 g/mol. The quantitative estimate of drug-likeness (QED) is 0.719. The first-order valence-corrected chi connectivity index (χ1v) is 8.00. The molecule has 2 aromatic heterocycles. The maximum absolute atomic E-state index is 5.97. The monoisotopic (exact) mass is 317 g/mol. The van der Waals surface area contributed by atoms with Crippen LogP contribution in [0.4, 0.5) is 0 Å². The summed E-state index contributed by atoms with van der Waals surface area (Å²) in [7, 11) is 0. The standard InChI is InChI=1S/C16H16ClN3S/c1-11(14-7-8-15(17)21-14)18-9-13-10-19-16(20-13)12-5-3-2-4-6-12/h2-8,10-11,18H,9H2,1H3,(H,19,20). The van der Waals surface area contributed by atoms with Crippen LogP contribution in [0.25, 0.3) is 11.4 Å². The van der Waals surface area contributed by atoms with E-state index in [9.17, 15) is 0 Å². The van der Waals surface area contributed by atoms with Gasteiger partial charge < -0.3 is 10.3 Å². The summed E-state index contributed by atoms with van der Waals surface area (Å²) in [5.74, 6) is 0.902. The smallest absolute Gasteiger partial charge is 0.137 e. The van der Waals surface area contributed by atoms with E-state index in [4.69, 9.17) is 11.6 Å². The van der Waals surface area contributed by atoms with Gasteiger partial charge in [-0.3, -0.25) is 0 Å². The van der Waals surface area contributed by atoms with Crippen molar-refractivity contribution in [3.63, 3.8) is 0 Å². The van der Waals surface area contributed by atoms with Crippen LogP contribution < -0.4 is 5.32 Å². The predicted molar refractivity (Wildman–Crippen MR) is 88.6 cm³/mol. The van der Waals surface area contributed by atoms with Crippen molar-refractivity contribution < 1.29 is 0 Å². The Kier molecular flexibility index (Phi) is 4.39. The molecular formula is C16H16ClN3S. The lowest BCUT2D eigenvalue weighted by Crippen LogP contribution is -2.17. The molecule has 5 heteroatoms. The lowest BCUT2D eigenvalue weighted by atomic mass is 10.2. The van der Waals surface area contributed by atoms with E-state index in [0.717, 1.165) is 28.0 Å².